The molecule has 7 heteroatoms. The number of carbonyl (C=O) groups is 1. The van der Waals surface area contributed by atoms with Gasteiger partial charge in [-0.3, -0.25) is 0 Å². The summed E-state index contributed by atoms with van der Waals surface area (Å²) in [5, 5.41) is 1.27. The molecule has 1 aliphatic rings. The second-order valence-electron chi connectivity index (χ2n) is 7.60. The van der Waals surface area contributed by atoms with E-state index in [9.17, 15) is 4.79 Å². The molecule has 2 aromatic carbocycles. The van der Waals surface area contributed by atoms with Gasteiger partial charge in [-0.15, -0.1) is 0 Å². The maximum absolute atomic E-state index is 12.3. The van der Waals surface area contributed by atoms with Crippen molar-refractivity contribution in [1.29, 1.82) is 0 Å². The van der Waals surface area contributed by atoms with Crippen molar-refractivity contribution in [1.82, 2.24) is 4.90 Å². The van der Waals surface area contributed by atoms with Gasteiger partial charge >= 0.3 is 6.09 Å². The van der Waals surface area contributed by atoms with Crippen LogP contribution in [0.25, 0.3) is 0 Å². The van der Waals surface area contributed by atoms with Crippen LogP contribution >= 0.6 is 35.0 Å². The number of ether oxygens (including phenoxy) is 1. The number of benzene rings is 2. The van der Waals surface area contributed by atoms with Crippen molar-refractivity contribution in [3.8, 4) is 0 Å². The van der Waals surface area contributed by atoms with Crippen LogP contribution in [-0.2, 0) is 4.74 Å². The van der Waals surface area contributed by atoms with Crippen LogP contribution in [0.15, 0.2) is 52.3 Å². The average molecular weight is 439 g/mol. The Kier molecular flexibility index (Phi) is 6.69. The first-order valence-electron chi connectivity index (χ1n) is 9.18. The number of hydrogen-bond acceptors (Lipinski definition) is 4. The number of para-hydroxylation sites is 1. The van der Waals surface area contributed by atoms with Crippen LogP contribution in [0.4, 0.5) is 10.5 Å². The number of amides is 1. The van der Waals surface area contributed by atoms with E-state index in [1.165, 1.54) is 0 Å². The normalized spacial score (nSPS) is 14.9. The minimum absolute atomic E-state index is 0.247. The van der Waals surface area contributed by atoms with Gasteiger partial charge in [0.2, 0.25) is 0 Å². The molecule has 0 aliphatic carbocycles. The van der Waals surface area contributed by atoms with E-state index in [0.717, 1.165) is 28.6 Å². The van der Waals surface area contributed by atoms with Gasteiger partial charge in [0.1, 0.15) is 5.60 Å². The Bertz CT molecular complexity index is 847. The van der Waals surface area contributed by atoms with E-state index in [1.54, 1.807) is 22.7 Å². The Morgan fingerprint density at radius 1 is 1.00 bits per heavy atom. The third kappa shape index (κ3) is 5.49. The minimum Gasteiger partial charge on any atom is -0.444 e. The summed E-state index contributed by atoms with van der Waals surface area (Å²) >= 11 is 14.0. The summed E-state index contributed by atoms with van der Waals surface area (Å²) in [5.74, 6) is 0. The molecule has 1 amide bonds. The zero-order valence-electron chi connectivity index (χ0n) is 16.2. The van der Waals surface area contributed by atoms with Gasteiger partial charge in [-0.05, 0) is 51.1 Å². The zero-order chi connectivity index (χ0) is 20.3. The van der Waals surface area contributed by atoms with Crippen LogP contribution in [0, 0.1) is 0 Å². The quantitative estimate of drug-likeness (QED) is 0.570. The lowest BCUT2D eigenvalue weighted by molar-refractivity contribution is 0.0240. The van der Waals surface area contributed by atoms with Crippen molar-refractivity contribution in [2.45, 2.75) is 36.2 Å². The Balaban J connectivity index is 1.69. The summed E-state index contributed by atoms with van der Waals surface area (Å²) in [6, 6.07) is 13.8. The number of anilines is 1. The molecule has 1 heterocycles. The highest BCUT2D eigenvalue weighted by atomic mass is 35.5. The van der Waals surface area contributed by atoms with Gasteiger partial charge in [-0.2, -0.15) is 0 Å². The maximum atomic E-state index is 12.3. The van der Waals surface area contributed by atoms with Crippen LogP contribution in [0.3, 0.4) is 0 Å². The Morgan fingerprint density at radius 2 is 1.68 bits per heavy atom. The summed E-state index contributed by atoms with van der Waals surface area (Å²) in [6.45, 7) is 8.44. The molecule has 0 spiro atoms. The van der Waals surface area contributed by atoms with Gasteiger partial charge in [-0.25, -0.2) is 4.79 Å². The first-order valence-corrected chi connectivity index (χ1v) is 10.7. The lowest BCUT2D eigenvalue weighted by atomic mass is 10.2. The van der Waals surface area contributed by atoms with Crippen molar-refractivity contribution >= 4 is 46.7 Å². The van der Waals surface area contributed by atoms with Crippen LogP contribution < -0.4 is 4.90 Å². The predicted molar refractivity (Wildman–Crippen MR) is 117 cm³/mol. The summed E-state index contributed by atoms with van der Waals surface area (Å²) in [6.07, 6.45) is -0.247. The van der Waals surface area contributed by atoms with Gasteiger partial charge in [0.25, 0.3) is 0 Å². The van der Waals surface area contributed by atoms with Gasteiger partial charge in [0, 0.05) is 41.0 Å². The highest BCUT2D eigenvalue weighted by molar-refractivity contribution is 7.99. The Labute approximate surface area is 180 Å². The number of hydrogen-bond donors (Lipinski definition) is 0. The molecule has 0 saturated carbocycles. The molecular weight excluding hydrogens is 415 g/mol. The second kappa shape index (κ2) is 8.85. The van der Waals surface area contributed by atoms with Crippen molar-refractivity contribution in [2.24, 2.45) is 0 Å². The molecule has 0 bridgehead atoms. The molecule has 3 rings (SSSR count). The SMILES string of the molecule is CC(C)(C)OC(=O)N1CCN(c2ccccc2Sc2ccc(Cl)cc2Cl)CC1. The van der Waals surface area contributed by atoms with Crippen LogP contribution in [0.2, 0.25) is 10.0 Å². The smallest absolute Gasteiger partial charge is 0.410 e. The van der Waals surface area contributed by atoms with Crippen LogP contribution in [0.1, 0.15) is 20.8 Å². The molecule has 0 unspecified atom stereocenters. The first kappa shape index (κ1) is 21.2. The van der Waals surface area contributed by atoms with Gasteiger partial charge < -0.3 is 14.5 Å². The molecule has 1 aliphatic heterocycles. The standard InChI is InChI=1S/C21H24Cl2N2O2S/c1-21(2,3)27-20(26)25-12-10-24(11-13-25)17-6-4-5-7-19(17)28-18-9-8-15(22)14-16(18)23/h4-9,14H,10-13H2,1-3H3. The molecule has 2 aromatic rings. The van der Waals surface area contributed by atoms with Crippen molar-refractivity contribution in [3.05, 3.63) is 52.5 Å². The van der Waals surface area contributed by atoms with Crippen LogP contribution in [-0.4, -0.2) is 42.8 Å². The summed E-state index contributed by atoms with van der Waals surface area (Å²) in [7, 11) is 0. The largest absolute Gasteiger partial charge is 0.444 e. The first-order chi connectivity index (χ1) is 13.2. The van der Waals surface area contributed by atoms with E-state index >= 15 is 0 Å². The lowest BCUT2D eigenvalue weighted by Gasteiger charge is -2.37. The van der Waals surface area contributed by atoms with Gasteiger partial charge in [-0.1, -0.05) is 47.1 Å². The molecule has 0 atom stereocenters. The molecule has 4 nitrogen and oxygen atoms in total. The molecular formula is C21H24Cl2N2O2S. The zero-order valence-corrected chi connectivity index (χ0v) is 18.6. The Hall–Kier alpha value is -1.56. The van der Waals surface area contributed by atoms with E-state index in [-0.39, 0.29) is 6.09 Å². The number of rotatable bonds is 3. The fourth-order valence-corrected chi connectivity index (χ4v) is 4.44. The fourth-order valence-electron chi connectivity index (χ4n) is 2.94. The maximum Gasteiger partial charge on any atom is 0.410 e. The van der Waals surface area contributed by atoms with Gasteiger partial charge in [0.05, 0.1) is 10.7 Å². The summed E-state index contributed by atoms with van der Waals surface area (Å²) < 4.78 is 5.48. The van der Waals surface area contributed by atoms with E-state index in [4.69, 9.17) is 27.9 Å². The fraction of sp³-hybridized carbons (Fsp3) is 0.381. The average Bonchev–Trinajstić information content (AvgIpc) is 2.63. The molecule has 0 radical (unpaired) electrons. The molecule has 1 fully saturated rings. The number of piperazine rings is 1. The van der Waals surface area contributed by atoms with Gasteiger partial charge in [0.15, 0.2) is 0 Å². The molecule has 1 saturated heterocycles. The molecule has 0 aromatic heterocycles. The third-order valence-electron chi connectivity index (χ3n) is 4.25. The third-order valence-corrected chi connectivity index (χ3v) is 6.05. The van der Waals surface area contributed by atoms with E-state index in [1.807, 2.05) is 45.0 Å². The van der Waals surface area contributed by atoms with Crippen molar-refractivity contribution in [3.63, 3.8) is 0 Å². The highest BCUT2D eigenvalue weighted by Crippen LogP contribution is 2.39. The van der Waals surface area contributed by atoms with E-state index in [2.05, 4.69) is 17.0 Å². The molecule has 150 valence electrons. The monoisotopic (exact) mass is 438 g/mol. The van der Waals surface area contributed by atoms with E-state index < -0.39 is 5.60 Å². The van der Waals surface area contributed by atoms with Crippen molar-refractivity contribution < 1.29 is 9.53 Å². The highest BCUT2D eigenvalue weighted by Gasteiger charge is 2.26. The summed E-state index contributed by atoms with van der Waals surface area (Å²) in [5.41, 5.74) is 0.664. The van der Waals surface area contributed by atoms with Crippen LogP contribution in [0.5, 0.6) is 0 Å². The minimum atomic E-state index is -0.477. The Morgan fingerprint density at radius 3 is 2.32 bits per heavy atom. The number of carbonyl (C=O) groups excluding carboxylic acids is 1. The molecule has 28 heavy (non-hydrogen) atoms. The number of nitrogens with zero attached hydrogens (tertiary/aromatic N) is 2. The second-order valence-corrected chi connectivity index (χ2v) is 9.53. The topological polar surface area (TPSA) is 32.8 Å². The number of halogens is 2. The molecule has 0 N–H and O–H groups in total. The van der Waals surface area contributed by atoms with E-state index in [0.29, 0.717) is 23.1 Å². The van der Waals surface area contributed by atoms with Crippen molar-refractivity contribution in [2.75, 3.05) is 31.1 Å². The lowest BCUT2D eigenvalue weighted by Crippen LogP contribution is -2.50. The summed E-state index contributed by atoms with van der Waals surface area (Å²) in [4.78, 5) is 18.4. The predicted octanol–water partition coefficient (Wildman–Crippen LogP) is 6.20.